The van der Waals surface area contributed by atoms with E-state index in [-0.39, 0.29) is 16.9 Å². The fraction of sp³-hybridized carbons (Fsp3) is 0.440. The molecule has 3 aromatic rings. The lowest BCUT2D eigenvalue weighted by molar-refractivity contribution is -0.0487. The molecule has 3 heterocycles. The predicted molar refractivity (Wildman–Crippen MR) is 137 cm³/mol. The van der Waals surface area contributed by atoms with E-state index in [2.05, 4.69) is 10.6 Å². The van der Waals surface area contributed by atoms with Gasteiger partial charge in [-0.25, -0.2) is 8.78 Å². The van der Waals surface area contributed by atoms with E-state index in [1.54, 1.807) is 27.5 Å². The number of nitrogens with zero attached hydrogens (tertiary/aromatic N) is 2. The molecule has 1 saturated heterocycles. The van der Waals surface area contributed by atoms with Gasteiger partial charge < -0.3 is 29.6 Å². The minimum atomic E-state index is -3.05. The van der Waals surface area contributed by atoms with E-state index in [4.69, 9.17) is 9.47 Å². The number of piperidine rings is 1. The first kappa shape index (κ1) is 26.1. The van der Waals surface area contributed by atoms with Crippen LogP contribution in [0.15, 0.2) is 29.2 Å². The van der Waals surface area contributed by atoms with Crippen LogP contribution < -0.4 is 25.7 Å². The Hall–Kier alpha value is -3.02. The zero-order chi connectivity index (χ0) is 26.2. The summed E-state index contributed by atoms with van der Waals surface area (Å²) < 4.78 is 41.8. The number of benzene rings is 1. The van der Waals surface area contributed by atoms with Crippen LogP contribution in [0.5, 0.6) is 11.5 Å². The van der Waals surface area contributed by atoms with Crippen molar-refractivity contribution in [3.8, 4) is 22.6 Å². The van der Waals surface area contributed by atoms with Gasteiger partial charge in [0.05, 0.1) is 42.6 Å². The maximum Gasteiger partial charge on any atom is 0.280 e. The Morgan fingerprint density at radius 1 is 1.25 bits per heavy atom. The first-order valence-electron chi connectivity index (χ1n) is 11.5. The molecule has 1 amide bonds. The number of hydrogen-bond donors (Lipinski definition) is 2. The van der Waals surface area contributed by atoms with Crippen LogP contribution in [0, 0.1) is 0 Å². The third-order valence-corrected chi connectivity index (χ3v) is 7.42. The summed E-state index contributed by atoms with van der Waals surface area (Å²) in [6, 6.07) is 3.96. The Labute approximate surface area is 211 Å². The second-order valence-corrected chi connectivity index (χ2v) is 10.2. The number of carbonyl (C=O) groups is 1. The molecule has 0 unspecified atom stereocenters. The Bertz CT molecular complexity index is 1330. The van der Waals surface area contributed by atoms with Crippen LogP contribution in [0.4, 0.5) is 8.78 Å². The molecule has 1 aromatic carbocycles. The highest BCUT2D eigenvalue weighted by molar-refractivity contribution is 7.21. The fourth-order valence-electron chi connectivity index (χ4n) is 4.42. The van der Waals surface area contributed by atoms with Gasteiger partial charge in [0.25, 0.3) is 17.4 Å². The number of nitrogens with one attached hydrogen (secondary N) is 2. The summed E-state index contributed by atoms with van der Waals surface area (Å²) in [5.74, 6) is -2.41. The van der Waals surface area contributed by atoms with Crippen LogP contribution in [0.3, 0.4) is 0 Å². The van der Waals surface area contributed by atoms with Crippen molar-refractivity contribution in [2.75, 3.05) is 41.4 Å². The summed E-state index contributed by atoms with van der Waals surface area (Å²) in [7, 11) is 8.69. The number of thiophene rings is 1. The van der Waals surface area contributed by atoms with Crippen LogP contribution in [0.1, 0.15) is 21.7 Å². The Morgan fingerprint density at radius 2 is 1.92 bits per heavy atom. The zero-order valence-corrected chi connectivity index (χ0v) is 21.7. The largest absolute Gasteiger partial charge is 0.496 e. The molecule has 2 aromatic heterocycles. The number of fused-ring (bicyclic) bond motifs is 1. The number of methoxy groups -OCH3 is 2. The van der Waals surface area contributed by atoms with Crippen molar-refractivity contribution in [1.29, 1.82) is 0 Å². The first-order valence-corrected chi connectivity index (χ1v) is 12.3. The SMILES string of the molecule is COc1cc(-c2cn(C)c(=O)c3cc(C(=O)N[C@@H]4CCNCC4(F)F)sc23)cc(OC)c1CN(C)C. The van der Waals surface area contributed by atoms with Gasteiger partial charge in [-0.05, 0) is 50.8 Å². The fourth-order valence-corrected chi connectivity index (χ4v) is 5.51. The van der Waals surface area contributed by atoms with E-state index in [1.807, 2.05) is 31.1 Å². The van der Waals surface area contributed by atoms with Crippen molar-refractivity contribution < 1.29 is 23.0 Å². The average Bonchev–Trinajstić information content (AvgIpc) is 3.28. The molecule has 1 aliphatic rings. The van der Waals surface area contributed by atoms with E-state index in [9.17, 15) is 18.4 Å². The number of halogens is 2. The maximum absolute atomic E-state index is 14.3. The van der Waals surface area contributed by atoms with Crippen LogP contribution in [-0.2, 0) is 13.6 Å². The lowest BCUT2D eigenvalue weighted by atomic mass is 10.0. The van der Waals surface area contributed by atoms with Crippen LogP contribution >= 0.6 is 11.3 Å². The molecule has 1 fully saturated rings. The number of aryl methyl sites for hydroxylation is 1. The topological polar surface area (TPSA) is 84.8 Å². The summed E-state index contributed by atoms with van der Waals surface area (Å²) in [4.78, 5) is 28.1. The molecule has 0 spiro atoms. The highest BCUT2D eigenvalue weighted by Gasteiger charge is 2.42. The second kappa shape index (κ2) is 10.2. The number of hydrogen-bond acceptors (Lipinski definition) is 7. The second-order valence-electron chi connectivity index (χ2n) is 9.16. The molecule has 0 radical (unpaired) electrons. The minimum absolute atomic E-state index is 0.121. The van der Waals surface area contributed by atoms with Gasteiger partial charge in [0.15, 0.2) is 0 Å². The third-order valence-electron chi connectivity index (χ3n) is 6.25. The Morgan fingerprint density at radius 3 is 2.50 bits per heavy atom. The van der Waals surface area contributed by atoms with Gasteiger partial charge in [-0.3, -0.25) is 9.59 Å². The standard InChI is InChI=1S/C25H30F2N4O4S/c1-30(2)11-17-18(34-4)8-14(9-19(17)35-5)16-12-31(3)24(33)15-10-20(36-22(15)16)23(32)29-21-6-7-28-13-25(21,26)27/h8-10,12,21,28H,6-7,11,13H2,1-5H3,(H,29,32)/t21-/m1/s1. The number of rotatable bonds is 7. The molecule has 0 bridgehead atoms. The van der Waals surface area contributed by atoms with Gasteiger partial charge in [-0.15, -0.1) is 11.3 Å². The molecule has 0 saturated carbocycles. The van der Waals surface area contributed by atoms with Gasteiger partial charge in [-0.2, -0.15) is 0 Å². The number of amides is 1. The highest BCUT2D eigenvalue weighted by Crippen LogP contribution is 2.39. The van der Waals surface area contributed by atoms with Crippen LogP contribution in [0.25, 0.3) is 21.2 Å². The maximum atomic E-state index is 14.3. The van der Waals surface area contributed by atoms with Crippen molar-refractivity contribution in [3.63, 3.8) is 0 Å². The van der Waals surface area contributed by atoms with Gasteiger partial charge in [-0.1, -0.05) is 0 Å². The van der Waals surface area contributed by atoms with Crippen molar-refractivity contribution in [2.24, 2.45) is 7.05 Å². The molecule has 194 valence electrons. The van der Waals surface area contributed by atoms with Gasteiger partial charge >= 0.3 is 0 Å². The van der Waals surface area contributed by atoms with Crippen LogP contribution in [-0.4, -0.2) is 68.7 Å². The van der Waals surface area contributed by atoms with Crippen molar-refractivity contribution >= 4 is 27.3 Å². The smallest absolute Gasteiger partial charge is 0.280 e. The zero-order valence-electron chi connectivity index (χ0n) is 20.9. The molecule has 1 atom stereocenters. The predicted octanol–water partition coefficient (Wildman–Crippen LogP) is 3.07. The average molecular weight is 521 g/mol. The lowest BCUT2D eigenvalue weighted by Gasteiger charge is -2.32. The van der Waals surface area contributed by atoms with Crippen molar-refractivity contribution in [1.82, 2.24) is 20.1 Å². The summed E-state index contributed by atoms with van der Waals surface area (Å²) in [5, 5.41) is 5.46. The number of aromatic nitrogens is 1. The van der Waals surface area contributed by atoms with E-state index in [1.165, 1.54) is 10.6 Å². The number of alkyl halides is 2. The molecule has 11 heteroatoms. The molecule has 2 N–H and O–H groups in total. The summed E-state index contributed by atoms with van der Waals surface area (Å²) in [5.41, 5.74) is 2.05. The van der Waals surface area contributed by atoms with Crippen molar-refractivity contribution in [2.45, 2.75) is 24.9 Å². The summed E-state index contributed by atoms with van der Waals surface area (Å²) in [6.07, 6.45) is 1.82. The number of pyridine rings is 1. The van der Waals surface area contributed by atoms with E-state index < -0.39 is 24.4 Å². The molecule has 0 aliphatic carbocycles. The van der Waals surface area contributed by atoms with E-state index >= 15 is 0 Å². The van der Waals surface area contributed by atoms with Gasteiger partial charge in [0.1, 0.15) is 11.5 Å². The van der Waals surface area contributed by atoms with Gasteiger partial charge in [0, 0.05) is 30.1 Å². The normalized spacial score (nSPS) is 17.4. The number of carbonyl (C=O) groups excluding carboxylic acids is 1. The summed E-state index contributed by atoms with van der Waals surface area (Å²) in [6.45, 7) is 0.508. The summed E-state index contributed by atoms with van der Waals surface area (Å²) >= 11 is 1.10. The Balaban J connectivity index is 1.80. The number of ether oxygens (including phenoxy) is 2. The molecular weight excluding hydrogens is 490 g/mol. The molecule has 8 nitrogen and oxygen atoms in total. The highest BCUT2D eigenvalue weighted by atomic mass is 32.1. The minimum Gasteiger partial charge on any atom is -0.496 e. The molecule has 4 rings (SSSR count). The van der Waals surface area contributed by atoms with E-state index in [0.717, 1.165) is 22.5 Å². The molecular formula is C25H30F2N4O4S. The molecule has 36 heavy (non-hydrogen) atoms. The first-order chi connectivity index (χ1) is 17.1. The monoisotopic (exact) mass is 520 g/mol. The van der Waals surface area contributed by atoms with Crippen molar-refractivity contribution in [3.05, 3.63) is 45.2 Å². The third kappa shape index (κ3) is 4.95. The molecule has 1 aliphatic heterocycles. The van der Waals surface area contributed by atoms with E-state index in [0.29, 0.717) is 40.2 Å². The van der Waals surface area contributed by atoms with Crippen LogP contribution in [0.2, 0.25) is 0 Å². The lowest BCUT2D eigenvalue weighted by Crippen LogP contribution is -2.57. The van der Waals surface area contributed by atoms with Gasteiger partial charge in [0.2, 0.25) is 0 Å². The Kier molecular flexibility index (Phi) is 7.35. The quantitative estimate of drug-likeness (QED) is 0.498.